The van der Waals surface area contributed by atoms with Crippen LogP contribution in [0.5, 0.6) is 0 Å². The molecule has 4 nitrogen and oxygen atoms in total. The van der Waals surface area contributed by atoms with Gasteiger partial charge in [-0.3, -0.25) is 4.79 Å². The zero-order valence-corrected chi connectivity index (χ0v) is 14.8. The second-order valence-corrected chi connectivity index (χ2v) is 8.82. The second-order valence-electron chi connectivity index (χ2n) is 5.37. The quantitative estimate of drug-likeness (QED) is 0.794. The average molecular weight is 395 g/mol. The molecular formula is C14H17BrClNO3S. The summed E-state index contributed by atoms with van der Waals surface area (Å²) in [6.07, 6.45) is 4.70. The maximum atomic E-state index is 12.3. The van der Waals surface area contributed by atoms with Gasteiger partial charge >= 0.3 is 0 Å². The molecule has 1 amide bonds. The molecule has 0 spiro atoms. The van der Waals surface area contributed by atoms with Crippen LogP contribution in [-0.4, -0.2) is 20.9 Å². The first kappa shape index (κ1) is 16.8. The number of nitrogens with one attached hydrogen (secondary N) is 1. The van der Waals surface area contributed by atoms with Crippen molar-refractivity contribution in [1.82, 2.24) is 5.32 Å². The molecule has 116 valence electrons. The lowest BCUT2D eigenvalue weighted by Crippen LogP contribution is -2.29. The minimum atomic E-state index is -3.88. The Morgan fingerprint density at radius 3 is 2.57 bits per heavy atom. The summed E-state index contributed by atoms with van der Waals surface area (Å²) < 4.78 is 23.6. The fraction of sp³-hybridized carbons (Fsp3) is 0.500. The van der Waals surface area contributed by atoms with Crippen molar-refractivity contribution in [3.8, 4) is 0 Å². The van der Waals surface area contributed by atoms with Crippen LogP contribution in [0.25, 0.3) is 0 Å². The van der Waals surface area contributed by atoms with Gasteiger partial charge in [-0.2, -0.15) is 0 Å². The Kier molecular flexibility index (Phi) is 5.33. The number of amides is 1. The predicted molar refractivity (Wildman–Crippen MR) is 86.2 cm³/mol. The molecule has 0 atom stereocenters. The van der Waals surface area contributed by atoms with Crippen molar-refractivity contribution in [3.05, 3.63) is 27.7 Å². The third-order valence-corrected chi connectivity index (χ3v) is 5.76. The van der Waals surface area contributed by atoms with E-state index >= 15 is 0 Å². The summed E-state index contributed by atoms with van der Waals surface area (Å²) in [6.45, 7) is 2.22. The number of rotatable bonds is 4. The maximum absolute atomic E-state index is 12.3. The molecule has 21 heavy (non-hydrogen) atoms. The first-order valence-electron chi connectivity index (χ1n) is 6.82. The first-order valence-corrected chi connectivity index (χ1v) is 9.92. The highest BCUT2D eigenvalue weighted by atomic mass is 79.9. The summed E-state index contributed by atoms with van der Waals surface area (Å²) in [5.74, 6) is 0.264. The van der Waals surface area contributed by atoms with Crippen molar-refractivity contribution in [2.75, 3.05) is 6.54 Å². The highest BCUT2D eigenvalue weighted by Crippen LogP contribution is 2.28. The fourth-order valence-electron chi connectivity index (χ4n) is 2.69. The number of hydrogen-bond donors (Lipinski definition) is 1. The van der Waals surface area contributed by atoms with Gasteiger partial charge in [0.2, 0.25) is 0 Å². The molecule has 1 aliphatic carbocycles. The summed E-state index contributed by atoms with van der Waals surface area (Å²) in [5.41, 5.74) is 0.707. The molecule has 0 saturated heterocycles. The van der Waals surface area contributed by atoms with Crippen molar-refractivity contribution < 1.29 is 13.2 Å². The maximum Gasteiger partial charge on any atom is 0.261 e. The molecule has 0 aliphatic heterocycles. The van der Waals surface area contributed by atoms with E-state index in [0.717, 1.165) is 12.8 Å². The topological polar surface area (TPSA) is 63.2 Å². The van der Waals surface area contributed by atoms with E-state index in [1.807, 2.05) is 0 Å². The van der Waals surface area contributed by atoms with E-state index in [0.29, 0.717) is 28.1 Å². The highest BCUT2D eigenvalue weighted by molar-refractivity contribution is 9.10. The molecule has 0 unspecified atom stereocenters. The van der Waals surface area contributed by atoms with Gasteiger partial charge in [-0.05, 0) is 43.4 Å². The Morgan fingerprint density at radius 1 is 1.38 bits per heavy atom. The minimum Gasteiger partial charge on any atom is -0.352 e. The molecule has 0 radical (unpaired) electrons. The van der Waals surface area contributed by atoms with Gasteiger partial charge in [-0.1, -0.05) is 28.8 Å². The van der Waals surface area contributed by atoms with Gasteiger partial charge < -0.3 is 5.32 Å². The summed E-state index contributed by atoms with van der Waals surface area (Å²) >= 11 is 3.22. The van der Waals surface area contributed by atoms with E-state index in [1.165, 1.54) is 18.9 Å². The van der Waals surface area contributed by atoms with Crippen LogP contribution in [0.15, 0.2) is 21.5 Å². The Bertz CT molecular complexity index is 654. The number of halogens is 2. The molecule has 0 bridgehead atoms. The molecule has 1 aromatic carbocycles. The van der Waals surface area contributed by atoms with E-state index in [1.54, 1.807) is 13.0 Å². The van der Waals surface area contributed by atoms with E-state index < -0.39 is 9.05 Å². The Hall–Kier alpha value is -0.590. The number of hydrogen-bond acceptors (Lipinski definition) is 3. The van der Waals surface area contributed by atoms with Crippen LogP contribution in [0.4, 0.5) is 0 Å². The molecule has 0 heterocycles. The van der Waals surface area contributed by atoms with Crippen LogP contribution < -0.4 is 5.32 Å². The van der Waals surface area contributed by atoms with Crippen molar-refractivity contribution in [3.63, 3.8) is 0 Å². The highest BCUT2D eigenvalue weighted by Gasteiger charge is 2.21. The smallest absolute Gasteiger partial charge is 0.261 e. The molecule has 2 rings (SSSR count). The second kappa shape index (κ2) is 6.67. The summed E-state index contributed by atoms with van der Waals surface area (Å²) in [4.78, 5) is 12.2. The van der Waals surface area contributed by atoms with Gasteiger partial charge in [-0.15, -0.1) is 0 Å². The molecule has 1 aromatic rings. The SMILES string of the molecule is Cc1c(C(=O)NCC2CCCC2)cc(Br)cc1S(=O)(=O)Cl. The number of carbonyl (C=O) groups is 1. The van der Waals surface area contributed by atoms with Gasteiger partial charge in [0.05, 0.1) is 4.90 Å². The van der Waals surface area contributed by atoms with E-state index in [4.69, 9.17) is 10.7 Å². The lowest BCUT2D eigenvalue weighted by molar-refractivity contribution is 0.0946. The average Bonchev–Trinajstić information content (AvgIpc) is 2.90. The zero-order chi connectivity index (χ0) is 15.6. The molecular weight excluding hydrogens is 378 g/mol. The standard InChI is InChI=1S/C14H17BrClNO3S/c1-9-12(6-11(15)7-13(9)21(16,19)20)14(18)17-8-10-4-2-3-5-10/h6-7,10H,2-5,8H2,1H3,(H,17,18). The van der Waals surface area contributed by atoms with Crippen LogP contribution >= 0.6 is 26.6 Å². The predicted octanol–water partition coefficient (Wildman–Crippen LogP) is 3.61. The van der Waals surface area contributed by atoms with Gasteiger partial charge in [0, 0.05) is 27.3 Å². The van der Waals surface area contributed by atoms with Crippen molar-refractivity contribution in [2.45, 2.75) is 37.5 Å². The Balaban J connectivity index is 2.22. The van der Waals surface area contributed by atoms with Crippen LogP contribution in [0.2, 0.25) is 0 Å². The molecule has 1 saturated carbocycles. The molecule has 1 aliphatic rings. The minimum absolute atomic E-state index is 0.0374. The van der Waals surface area contributed by atoms with Crippen molar-refractivity contribution >= 4 is 41.6 Å². The summed E-state index contributed by atoms with van der Waals surface area (Å²) in [6, 6.07) is 3.02. The molecule has 1 N–H and O–H groups in total. The first-order chi connectivity index (χ1) is 9.79. The van der Waals surface area contributed by atoms with Crippen LogP contribution in [0, 0.1) is 12.8 Å². The van der Waals surface area contributed by atoms with Crippen molar-refractivity contribution in [1.29, 1.82) is 0 Å². The lowest BCUT2D eigenvalue weighted by Gasteiger charge is -2.13. The van der Waals surface area contributed by atoms with Gasteiger partial charge in [-0.25, -0.2) is 8.42 Å². The van der Waals surface area contributed by atoms with Gasteiger partial charge in [0.15, 0.2) is 0 Å². The number of benzene rings is 1. The van der Waals surface area contributed by atoms with Crippen molar-refractivity contribution in [2.24, 2.45) is 5.92 Å². The van der Waals surface area contributed by atoms with Gasteiger partial charge in [0.25, 0.3) is 15.0 Å². The normalized spacial score (nSPS) is 16.1. The van der Waals surface area contributed by atoms with E-state index in [-0.39, 0.29) is 10.8 Å². The summed E-state index contributed by atoms with van der Waals surface area (Å²) in [7, 11) is 1.53. The monoisotopic (exact) mass is 393 g/mol. The van der Waals surface area contributed by atoms with Crippen LogP contribution in [0.1, 0.15) is 41.6 Å². The zero-order valence-electron chi connectivity index (χ0n) is 11.7. The third kappa shape index (κ3) is 4.20. The Morgan fingerprint density at radius 2 is 2.00 bits per heavy atom. The Labute approximate surface area is 137 Å². The summed E-state index contributed by atoms with van der Waals surface area (Å²) in [5, 5.41) is 2.89. The van der Waals surface area contributed by atoms with Crippen LogP contribution in [-0.2, 0) is 9.05 Å². The van der Waals surface area contributed by atoms with E-state index in [2.05, 4.69) is 21.2 Å². The molecule has 1 fully saturated rings. The van der Waals surface area contributed by atoms with Gasteiger partial charge in [0.1, 0.15) is 0 Å². The van der Waals surface area contributed by atoms with E-state index in [9.17, 15) is 13.2 Å². The largest absolute Gasteiger partial charge is 0.352 e. The lowest BCUT2D eigenvalue weighted by atomic mass is 10.1. The van der Waals surface area contributed by atoms with Crippen LogP contribution in [0.3, 0.4) is 0 Å². The molecule has 7 heteroatoms. The third-order valence-electron chi connectivity index (χ3n) is 3.86. The molecule has 0 aromatic heterocycles. The fourth-order valence-corrected chi connectivity index (χ4v) is 4.52. The number of carbonyl (C=O) groups excluding carboxylic acids is 1.